The van der Waals surface area contributed by atoms with Crippen LogP contribution in [0.4, 0.5) is 0 Å². The molecule has 2 rings (SSSR count). The van der Waals surface area contributed by atoms with Crippen molar-refractivity contribution in [2.45, 2.75) is 26.9 Å². The molecule has 0 amide bonds. The summed E-state index contributed by atoms with van der Waals surface area (Å²) < 4.78 is 22.4. The van der Waals surface area contributed by atoms with Crippen LogP contribution in [-0.2, 0) is 22.3 Å². The molecule has 0 saturated carbocycles. The number of allylic oxidation sites excluding steroid dienone is 2. The predicted molar refractivity (Wildman–Crippen MR) is 90.3 cm³/mol. The van der Waals surface area contributed by atoms with Gasteiger partial charge in [0.1, 0.15) is 23.7 Å². The van der Waals surface area contributed by atoms with Gasteiger partial charge in [-0.15, -0.1) is 0 Å². The number of cyclic esters (lactones) is 1. The molecule has 5 nitrogen and oxygen atoms in total. The van der Waals surface area contributed by atoms with Crippen molar-refractivity contribution in [3.8, 4) is 11.5 Å². The largest absolute Gasteiger partial charge is 0.507 e. The van der Waals surface area contributed by atoms with Crippen molar-refractivity contribution < 1.29 is 23.9 Å². The standard InChI is InChI=1S/C17H23O5P/c1-10(9-23(4,5)20)6-7-12-15(18)14-13(8-22-17(14)19)11(2)16(12)21-3/h6,18H,7-9H2,1-5H3/b10-6+. The highest BCUT2D eigenvalue weighted by atomic mass is 31.2. The third-order valence-electron chi connectivity index (χ3n) is 3.93. The van der Waals surface area contributed by atoms with Gasteiger partial charge >= 0.3 is 5.97 Å². The Morgan fingerprint density at radius 1 is 1.43 bits per heavy atom. The molecular formula is C17H23O5P. The van der Waals surface area contributed by atoms with Crippen LogP contribution in [0, 0.1) is 6.92 Å². The molecule has 1 aliphatic heterocycles. The van der Waals surface area contributed by atoms with Gasteiger partial charge in [0.2, 0.25) is 0 Å². The summed E-state index contributed by atoms with van der Waals surface area (Å²) in [6, 6.07) is 0. The second-order valence-electron chi connectivity index (χ2n) is 6.40. The van der Waals surface area contributed by atoms with Crippen LogP contribution in [0.1, 0.15) is 34.0 Å². The first-order valence-electron chi connectivity index (χ1n) is 7.43. The summed E-state index contributed by atoms with van der Waals surface area (Å²) in [6.07, 6.45) is 2.85. The number of hydrogen-bond acceptors (Lipinski definition) is 5. The molecule has 0 atom stereocenters. The molecule has 0 bridgehead atoms. The fraction of sp³-hybridized carbons (Fsp3) is 0.471. The molecule has 1 aromatic rings. The third kappa shape index (κ3) is 3.61. The van der Waals surface area contributed by atoms with Gasteiger partial charge in [-0.05, 0) is 39.2 Å². The predicted octanol–water partition coefficient (Wildman–Crippen LogP) is 3.49. The van der Waals surface area contributed by atoms with Gasteiger partial charge in [-0.1, -0.05) is 11.6 Å². The van der Waals surface area contributed by atoms with Gasteiger partial charge in [-0.3, -0.25) is 0 Å². The Bertz CT molecular complexity index is 727. The molecule has 0 unspecified atom stereocenters. The quantitative estimate of drug-likeness (QED) is 0.505. The first kappa shape index (κ1) is 17.6. The fourth-order valence-electron chi connectivity index (χ4n) is 2.97. The molecule has 1 aliphatic rings. The van der Waals surface area contributed by atoms with Gasteiger partial charge in [-0.25, -0.2) is 4.79 Å². The molecule has 126 valence electrons. The number of fused-ring (bicyclic) bond motifs is 1. The Labute approximate surface area is 136 Å². The summed E-state index contributed by atoms with van der Waals surface area (Å²) in [6.45, 7) is 7.42. The SMILES string of the molecule is COc1c(C)c2c(c(O)c1C/C=C(\C)CP(C)(C)=O)C(=O)OC2. The van der Waals surface area contributed by atoms with Crippen LogP contribution in [0.3, 0.4) is 0 Å². The van der Waals surface area contributed by atoms with Gasteiger partial charge in [0.05, 0.1) is 14.3 Å². The summed E-state index contributed by atoms with van der Waals surface area (Å²) in [5, 5.41) is 10.5. The lowest BCUT2D eigenvalue weighted by atomic mass is 9.95. The summed E-state index contributed by atoms with van der Waals surface area (Å²) in [5.41, 5.74) is 3.27. The number of phenolic OH excluding ortho intramolecular Hbond substituents is 1. The molecule has 0 aromatic heterocycles. The van der Waals surface area contributed by atoms with Crippen LogP contribution in [0.25, 0.3) is 0 Å². The van der Waals surface area contributed by atoms with E-state index < -0.39 is 13.1 Å². The van der Waals surface area contributed by atoms with Crippen molar-refractivity contribution in [2.75, 3.05) is 26.6 Å². The number of rotatable bonds is 5. The normalized spacial score (nSPS) is 14.7. The van der Waals surface area contributed by atoms with E-state index in [2.05, 4.69) is 0 Å². The zero-order valence-corrected chi connectivity index (χ0v) is 15.1. The first-order chi connectivity index (χ1) is 10.7. The van der Waals surface area contributed by atoms with Crippen LogP contribution in [0.15, 0.2) is 11.6 Å². The van der Waals surface area contributed by atoms with Crippen LogP contribution in [0.5, 0.6) is 11.5 Å². The molecular weight excluding hydrogens is 315 g/mol. The smallest absolute Gasteiger partial charge is 0.342 e. The Morgan fingerprint density at radius 3 is 2.65 bits per heavy atom. The van der Waals surface area contributed by atoms with Crippen molar-refractivity contribution in [3.63, 3.8) is 0 Å². The average Bonchev–Trinajstić information content (AvgIpc) is 2.81. The molecule has 0 radical (unpaired) electrons. The van der Waals surface area contributed by atoms with E-state index in [1.165, 1.54) is 7.11 Å². The van der Waals surface area contributed by atoms with Crippen molar-refractivity contribution in [2.24, 2.45) is 0 Å². The van der Waals surface area contributed by atoms with E-state index in [0.29, 0.717) is 29.5 Å². The highest BCUT2D eigenvalue weighted by molar-refractivity contribution is 7.62. The number of aromatic hydroxyl groups is 1. The maximum absolute atomic E-state index is 11.9. The van der Waals surface area contributed by atoms with Crippen molar-refractivity contribution in [3.05, 3.63) is 33.9 Å². The number of benzene rings is 1. The van der Waals surface area contributed by atoms with E-state index in [0.717, 1.165) is 11.1 Å². The minimum absolute atomic E-state index is 0.0785. The van der Waals surface area contributed by atoms with Crippen LogP contribution >= 0.6 is 7.14 Å². The second-order valence-corrected chi connectivity index (χ2v) is 9.87. The molecule has 1 aromatic carbocycles. The minimum atomic E-state index is -2.14. The minimum Gasteiger partial charge on any atom is -0.507 e. The summed E-state index contributed by atoms with van der Waals surface area (Å²) in [5.74, 6) is -0.0122. The number of carbonyl (C=O) groups is 1. The Hall–Kier alpha value is -1.74. The summed E-state index contributed by atoms with van der Waals surface area (Å²) in [4.78, 5) is 11.8. The maximum atomic E-state index is 11.9. The van der Waals surface area contributed by atoms with E-state index >= 15 is 0 Å². The maximum Gasteiger partial charge on any atom is 0.342 e. The molecule has 0 aliphatic carbocycles. The van der Waals surface area contributed by atoms with E-state index in [9.17, 15) is 14.5 Å². The van der Waals surface area contributed by atoms with E-state index in [4.69, 9.17) is 9.47 Å². The fourth-order valence-corrected chi connectivity index (χ4v) is 4.30. The molecule has 1 N–H and O–H groups in total. The van der Waals surface area contributed by atoms with Gasteiger partial charge in [-0.2, -0.15) is 0 Å². The number of methoxy groups -OCH3 is 1. The summed E-state index contributed by atoms with van der Waals surface area (Å²) in [7, 11) is -0.603. The van der Waals surface area contributed by atoms with Crippen LogP contribution in [0.2, 0.25) is 0 Å². The van der Waals surface area contributed by atoms with E-state index in [-0.39, 0.29) is 17.9 Å². The summed E-state index contributed by atoms with van der Waals surface area (Å²) >= 11 is 0. The lowest BCUT2D eigenvalue weighted by molar-refractivity contribution is 0.0533. The lowest BCUT2D eigenvalue weighted by Gasteiger charge is -2.16. The van der Waals surface area contributed by atoms with Crippen LogP contribution in [-0.4, -0.2) is 37.7 Å². The molecule has 0 saturated heterocycles. The van der Waals surface area contributed by atoms with Gasteiger partial charge in [0, 0.05) is 17.3 Å². The highest BCUT2D eigenvalue weighted by Gasteiger charge is 2.31. The van der Waals surface area contributed by atoms with Gasteiger partial charge < -0.3 is 19.1 Å². The van der Waals surface area contributed by atoms with E-state index in [1.54, 1.807) is 13.3 Å². The number of hydrogen-bond donors (Lipinski definition) is 1. The monoisotopic (exact) mass is 338 g/mol. The number of carbonyl (C=O) groups excluding carboxylic acids is 1. The number of esters is 1. The molecule has 1 heterocycles. The molecule has 0 spiro atoms. The average molecular weight is 338 g/mol. The van der Waals surface area contributed by atoms with Crippen molar-refractivity contribution in [1.82, 2.24) is 0 Å². The van der Waals surface area contributed by atoms with Gasteiger partial charge in [0.25, 0.3) is 0 Å². The zero-order valence-electron chi connectivity index (χ0n) is 14.2. The lowest BCUT2D eigenvalue weighted by Crippen LogP contribution is -2.03. The number of phenols is 1. The zero-order chi connectivity index (χ0) is 17.4. The Kier molecular flexibility index (Phi) is 4.90. The topological polar surface area (TPSA) is 72.8 Å². The Morgan fingerprint density at radius 2 is 2.09 bits per heavy atom. The first-order valence-corrected chi connectivity index (χ1v) is 10.2. The number of ether oxygens (including phenoxy) is 2. The molecule has 23 heavy (non-hydrogen) atoms. The van der Waals surface area contributed by atoms with E-state index in [1.807, 2.05) is 19.9 Å². The second kappa shape index (κ2) is 6.40. The van der Waals surface area contributed by atoms with Crippen molar-refractivity contribution in [1.29, 1.82) is 0 Å². The third-order valence-corrected chi connectivity index (χ3v) is 5.19. The Balaban J connectivity index is 2.45. The molecule has 0 fully saturated rings. The van der Waals surface area contributed by atoms with Crippen molar-refractivity contribution >= 4 is 13.1 Å². The molecule has 6 heteroatoms. The highest BCUT2D eigenvalue weighted by Crippen LogP contribution is 2.42. The van der Waals surface area contributed by atoms with Gasteiger partial charge in [0.15, 0.2) is 0 Å². The van der Waals surface area contributed by atoms with Crippen LogP contribution < -0.4 is 4.74 Å².